The van der Waals surface area contributed by atoms with Crippen LogP contribution in [0.3, 0.4) is 0 Å². The molecule has 0 aromatic carbocycles. The van der Waals surface area contributed by atoms with Crippen molar-refractivity contribution in [1.29, 1.82) is 0 Å². The summed E-state index contributed by atoms with van der Waals surface area (Å²) < 4.78 is 23.4. The summed E-state index contributed by atoms with van der Waals surface area (Å²) in [5, 5.41) is 14.0. The third kappa shape index (κ3) is 50.9. The Morgan fingerprint density at radius 2 is 0.846 bits per heavy atom. The molecule has 0 saturated carbocycles. The molecule has 0 aromatic rings. The zero-order valence-corrected chi connectivity index (χ0v) is 45.1. The average molecular weight is 942 g/mol. The van der Waals surface area contributed by atoms with Crippen LogP contribution < -0.4 is 10.2 Å². The highest BCUT2D eigenvalue weighted by Crippen LogP contribution is 2.38. The summed E-state index contributed by atoms with van der Waals surface area (Å²) in [5.41, 5.74) is 0. The maximum Gasteiger partial charge on any atom is 0.268 e. The van der Waals surface area contributed by atoms with Crippen LogP contribution in [-0.2, 0) is 18.4 Å². The third-order valence-corrected chi connectivity index (χ3v) is 14.2. The summed E-state index contributed by atoms with van der Waals surface area (Å²) in [5.74, 6) is -0.160. The largest absolute Gasteiger partial charge is 0.756 e. The Bertz CT molecular complexity index is 1070. The highest BCUT2D eigenvalue weighted by molar-refractivity contribution is 7.45. The Kier molecular flexibility index (Phi) is 47.7. The zero-order valence-electron chi connectivity index (χ0n) is 44.2. The second kappa shape index (κ2) is 48.3. The van der Waals surface area contributed by atoms with Crippen LogP contribution in [0.5, 0.6) is 0 Å². The first-order valence-corrected chi connectivity index (χ1v) is 30.0. The van der Waals surface area contributed by atoms with E-state index in [0.29, 0.717) is 23.9 Å². The minimum Gasteiger partial charge on any atom is -0.756 e. The number of hydrogen-bond donors (Lipinski definition) is 2. The molecule has 0 aliphatic rings. The number of hydrogen-bond acceptors (Lipinski definition) is 6. The van der Waals surface area contributed by atoms with E-state index in [1.807, 2.05) is 21.1 Å². The van der Waals surface area contributed by atoms with E-state index in [2.05, 4.69) is 31.3 Å². The summed E-state index contributed by atoms with van der Waals surface area (Å²) in [6.07, 6.45) is 58.2. The SMILES string of the molecule is CCCCCCCCCCCCCC/C=C\CCCCCCCCCCCCCCCC(=O)NC(COP(=O)([O-])OCC[N+](C)(C)C)C(O)CCCCCCCCCCCCCCCC. The van der Waals surface area contributed by atoms with Gasteiger partial charge in [-0.1, -0.05) is 257 Å². The molecule has 3 atom stereocenters. The topological polar surface area (TPSA) is 108 Å². The van der Waals surface area contributed by atoms with Gasteiger partial charge in [-0.05, 0) is 38.5 Å². The maximum absolute atomic E-state index is 13.0. The second-order valence-corrected chi connectivity index (χ2v) is 22.4. The fourth-order valence-electron chi connectivity index (χ4n) is 8.74. The van der Waals surface area contributed by atoms with Crippen LogP contribution in [0, 0.1) is 0 Å². The van der Waals surface area contributed by atoms with Crippen LogP contribution in [-0.4, -0.2) is 68.5 Å². The lowest BCUT2D eigenvalue weighted by Gasteiger charge is -2.30. The van der Waals surface area contributed by atoms with Crippen LogP contribution in [0.15, 0.2) is 12.2 Å². The van der Waals surface area contributed by atoms with Crippen LogP contribution in [0.4, 0.5) is 0 Å². The number of carbonyl (C=O) groups excluding carboxylic acids is 1. The van der Waals surface area contributed by atoms with E-state index in [1.165, 1.54) is 225 Å². The van der Waals surface area contributed by atoms with Crippen molar-refractivity contribution < 1.29 is 32.9 Å². The van der Waals surface area contributed by atoms with Crippen molar-refractivity contribution in [2.45, 2.75) is 302 Å². The van der Waals surface area contributed by atoms with Crippen LogP contribution in [0.2, 0.25) is 0 Å². The second-order valence-electron chi connectivity index (χ2n) is 21.0. The highest BCUT2D eigenvalue weighted by Gasteiger charge is 2.24. The van der Waals surface area contributed by atoms with E-state index in [-0.39, 0.29) is 19.1 Å². The highest BCUT2D eigenvalue weighted by atomic mass is 31.2. The Balaban J connectivity index is 4.04. The smallest absolute Gasteiger partial charge is 0.268 e. The first kappa shape index (κ1) is 64.2. The lowest BCUT2D eigenvalue weighted by molar-refractivity contribution is -0.870. The minimum absolute atomic E-state index is 0.0148. The molecule has 0 fully saturated rings. The van der Waals surface area contributed by atoms with E-state index in [9.17, 15) is 19.4 Å². The predicted molar refractivity (Wildman–Crippen MR) is 279 cm³/mol. The van der Waals surface area contributed by atoms with Gasteiger partial charge >= 0.3 is 0 Å². The van der Waals surface area contributed by atoms with E-state index >= 15 is 0 Å². The Hall–Kier alpha value is -0.760. The van der Waals surface area contributed by atoms with Gasteiger partial charge in [-0.25, -0.2) is 0 Å². The number of phosphoric ester groups is 1. The van der Waals surface area contributed by atoms with Gasteiger partial charge in [-0.15, -0.1) is 0 Å². The number of nitrogens with one attached hydrogen (secondary N) is 1. The fraction of sp³-hybridized carbons (Fsp3) is 0.946. The monoisotopic (exact) mass is 941 g/mol. The summed E-state index contributed by atoms with van der Waals surface area (Å²) >= 11 is 0. The van der Waals surface area contributed by atoms with Crippen LogP contribution >= 0.6 is 7.82 Å². The quantitative estimate of drug-likeness (QED) is 0.0272. The number of nitrogens with zero attached hydrogens (tertiary/aromatic N) is 1. The number of quaternary nitrogens is 1. The molecule has 2 N–H and O–H groups in total. The molecule has 0 radical (unpaired) electrons. The van der Waals surface area contributed by atoms with Gasteiger partial charge in [0.15, 0.2) is 0 Å². The number of likely N-dealkylation sites (N-methyl/N-ethyl adjacent to an activating group) is 1. The molecule has 0 aliphatic carbocycles. The van der Waals surface area contributed by atoms with Crippen molar-refractivity contribution >= 4 is 13.7 Å². The molecule has 388 valence electrons. The lowest BCUT2D eigenvalue weighted by Crippen LogP contribution is -2.46. The van der Waals surface area contributed by atoms with Crippen molar-refractivity contribution in [3.8, 4) is 0 Å². The fourth-order valence-corrected chi connectivity index (χ4v) is 9.47. The number of unbranched alkanes of at least 4 members (excludes halogenated alkanes) is 38. The average Bonchev–Trinajstić information content (AvgIpc) is 3.26. The van der Waals surface area contributed by atoms with Crippen molar-refractivity contribution in [3.63, 3.8) is 0 Å². The summed E-state index contributed by atoms with van der Waals surface area (Å²) in [7, 11) is 1.32. The number of aliphatic hydroxyl groups excluding tert-OH is 1. The molecule has 1 amide bonds. The molecule has 0 aromatic heterocycles. The number of carbonyl (C=O) groups is 1. The van der Waals surface area contributed by atoms with Gasteiger partial charge in [-0.2, -0.15) is 0 Å². The van der Waals surface area contributed by atoms with E-state index in [0.717, 1.165) is 38.5 Å². The van der Waals surface area contributed by atoms with Gasteiger partial charge in [0.05, 0.1) is 39.9 Å². The first-order chi connectivity index (χ1) is 31.5. The molecule has 0 saturated heterocycles. The maximum atomic E-state index is 13.0. The van der Waals surface area contributed by atoms with Crippen molar-refractivity contribution in [3.05, 3.63) is 12.2 Å². The molecule has 0 rings (SSSR count). The van der Waals surface area contributed by atoms with Gasteiger partial charge < -0.3 is 28.8 Å². The van der Waals surface area contributed by atoms with Crippen molar-refractivity contribution in [2.24, 2.45) is 0 Å². The Labute approximate surface area is 405 Å². The molecule has 0 spiro atoms. The van der Waals surface area contributed by atoms with Crippen molar-refractivity contribution in [2.75, 3.05) is 40.9 Å². The molecular weight excluding hydrogens is 828 g/mol. The molecular formula is C56H113N2O6P. The molecule has 0 heterocycles. The minimum atomic E-state index is -4.57. The van der Waals surface area contributed by atoms with E-state index < -0.39 is 20.0 Å². The number of aliphatic hydroxyl groups is 1. The molecule has 3 unspecified atom stereocenters. The van der Waals surface area contributed by atoms with Gasteiger partial charge in [0, 0.05) is 6.42 Å². The zero-order chi connectivity index (χ0) is 47.8. The van der Waals surface area contributed by atoms with E-state index in [1.54, 1.807) is 0 Å². The predicted octanol–water partition coefficient (Wildman–Crippen LogP) is 16.4. The van der Waals surface area contributed by atoms with Crippen LogP contribution in [0.25, 0.3) is 0 Å². The third-order valence-electron chi connectivity index (χ3n) is 13.3. The summed E-state index contributed by atoms with van der Waals surface area (Å²) in [6, 6.07) is -0.797. The standard InChI is InChI=1S/C56H113N2O6P/c1-6-8-10-12-14-16-18-20-22-23-24-25-26-27-28-29-30-31-32-33-34-35-36-38-40-42-44-46-48-50-56(60)57-54(53-64-65(61,62)63-52-51-58(3,4)5)55(59)49-47-45-43-41-39-37-21-19-17-15-13-11-9-7-2/h27-28,54-55,59H,6-26,29-53H2,1-5H3,(H-,57,60,61,62)/b28-27-. The number of amides is 1. The van der Waals surface area contributed by atoms with Crippen molar-refractivity contribution in [1.82, 2.24) is 5.32 Å². The van der Waals surface area contributed by atoms with Gasteiger partial charge in [0.1, 0.15) is 13.2 Å². The number of rotatable bonds is 53. The summed E-state index contributed by atoms with van der Waals surface area (Å²) in [4.78, 5) is 25.5. The van der Waals surface area contributed by atoms with Crippen LogP contribution in [0.1, 0.15) is 290 Å². The van der Waals surface area contributed by atoms with Gasteiger partial charge in [0.25, 0.3) is 7.82 Å². The van der Waals surface area contributed by atoms with E-state index in [4.69, 9.17) is 9.05 Å². The first-order valence-electron chi connectivity index (χ1n) is 28.5. The number of allylic oxidation sites excluding steroid dienone is 2. The molecule has 0 bridgehead atoms. The molecule has 8 nitrogen and oxygen atoms in total. The van der Waals surface area contributed by atoms with Gasteiger partial charge in [0.2, 0.25) is 5.91 Å². The lowest BCUT2D eigenvalue weighted by atomic mass is 10.0. The van der Waals surface area contributed by atoms with Gasteiger partial charge in [-0.3, -0.25) is 9.36 Å². The molecule has 0 aliphatic heterocycles. The normalized spacial score (nSPS) is 14.0. The molecule has 65 heavy (non-hydrogen) atoms. The Morgan fingerprint density at radius 3 is 1.20 bits per heavy atom. The Morgan fingerprint density at radius 1 is 0.523 bits per heavy atom. The summed E-state index contributed by atoms with van der Waals surface area (Å²) in [6.45, 7) is 4.76. The number of phosphoric acid groups is 1. The molecule has 9 heteroatoms.